The molecule has 0 unspecified atom stereocenters. The molecule has 0 atom stereocenters. The van der Waals surface area contributed by atoms with Crippen LogP contribution in [0, 0.1) is 0 Å². The Morgan fingerprint density at radius 3 is 2.61 bits per heavy atom. The molecular formula is C13H18N4S. The molecule has 0 saturated heterocycles. The van der Waals surface area contributed by atoms with Gasteiger partial charge in [-0.1, -0.05) is 0 Å². The minimum Gasteiger partial charge on any atom is -0.378 e. The van der Waals surface area contributed by atoms with E-state index in [-0.39, 0.29) is 0 Å². The second-order valence-corrected chi connectivity index (χ2v) is 5.18. The summed E-state index contributed by atoms with van der Waals surface area (Å²) in [6.45, 7) is 4.90. The second kappa shape index (κ2) is 5.91. The number of nitrogens with one attached hydrogen (secondary N) is 1. The lowest BCUT2D eigenvalue weighted by Gasteiger charge is -2.11. The van der Waals surface area contributed by atoms with Gasteiger partial charge in [0.05, 0.1) is 6.54 Å². The van der Waals surface area contributed by atoms with E-state index in [4.69, 9.17) is 0 Å². The molecule has 1 N–H and O–H groups in total. The Kier molecular flexibility index (Phi) is 4.25. The van der Waals surface area contributed by atoms with Gasteiger partial charge in [0, 0.05) is 16.6 Å². The number of anilines is 1. The second-order valence-electron chi connectivity index (χ2n) is 4.30. The first-order chi connectivity index (χ1) is 8.70. The fraction of sp³-hybridized carbons (Fsp3) is 0.385. The summed E-state index contributed by atoms with van der Waals surface area (Å²) in [6.07, 6.45) is 3.68. The van der Waals surface area contributed by atoms with Crippen molar-refractivity contribution in [2.75, 3.05) is 11.6 Å². The number of hydrogen-bond donors (Lipinski definition) is 1. The Hall–Kier alpha value is -1.49. The molecule has 0 spiro atoms. The first kappa shape index (κ1) is 13.0. The smallest absolute Gasteiger partial charge is 0.146 e. The van der Waals surface area contributed by atoms with Crippen LogP contribution in [-0.2, 0) is 6.54 Å². The fourth-order valence-electron chi connectivity index (χ4n) is 1.72. The highest BCUT2D eigenvalue weighted by Crippen LogP contribution is 2.18. The molecule has 0 bridgehead atoms. The van der Waals surface area contributed by atoms with Crippen LogP contribution in [-0.4, -0.2) is 21.0 Å². The summed E-state index contributed by atoms with van der Waals surface area (Å²) in [5, 5.41) is 7.58. The molecule has 0 amide bonds. The monoisotopic (exact) mass is 262 g/mol. The summed E-state index contributed by atoms with van der Waals surface area (Å²) in [4.78, 5) is 5.54. The van der Waals surface area contributed by atoms with Crippen molar-refractivity contribution >= 4 is 17.4 Å². The molecule has 5 heteroatoms. The van der Waals surface area contributed by atoms with Crippen molar-refractivity contribution in [1.82, 2.24) is 14.8 Å². The molecule has 0 radical (unpaired) electrons. The third-order valence-corrected chi connectivity index (χ3v) is 3.42. The van der Waals surface area contributed by atoms with Gasteiger partial charge in [0.2, 0.25) is 0 Å². The van der Waals surface area contributed by atoms with Crippen LogP contribution in [0.15, 0.2) is 35.5 Å². The molecule has 2 aromatic rings. The average Bonchev–Trinajstić information content (AvgIpc) is 2.85. The van der Waals surface area contributed by atoms with Crippen molar-refractivity contribution in [3.63, 3.8) is 0 Å². The van der Waals surface area contributed by atoms with Crippen LogP contribution in [0.25, 0.3) is 0 Å². The van der Waals surface area contributed by atoms with Gasteiger partial charge in [0.15, 0.2) is 0 Å². The van der Waals surface area contributed by atoms with Crippen molar-refractivity contribution in [3.8, 4) is 0 Å². The van der Waals surface area contributed by atoms with Gasteiger partial charge in [-0.15, -0.1) is 11.8 Å². The zero-order chi connectivity index (χ0) is 13.0. The first-order valence-electron chi connectivity index (χ1n) is 5.97. The average molecular weight is 262 g/mol. The Balaban J connectivity index is 2.00. The van der Waals surface area contributed by atoms with E-state index in [0.29, 0.717) is 12.6 Å². The highest BCUT2D eigenvalue weighted by atomic mass is 32.2. The van der Waals surface area contributed by atoms with E-state index in [2.05, 4.69) is 59.8 Å². The van der Waals surface area contributed by atoms with Crippen molar-refractivity contribution in [2.45, 2.75) is 31.3 Å². The van der Waals surface area contributed by atoms with Crippen LogP contribution < -0.4 is 5.32 Å². The Morgan fingerprint density at radius 1 is 1.28 bits per heavy atom. The van der Waals surface area contributed by atoms with Gasteiger partial charge in [-0.25, -0.2) is 9.67 Å². The van der Waals surface area contributed by atoms with E-state index < -0.39 is 0 Å². The lowest BCUT2D eigenvalue weighted by atomic mass is 10.3. The quantitative estimate of drug-likeness (QED) is 0.840. The number of benzene rings is 1. The van der Waals surface area contributed by atoms with Gasteiger partial charge in [-0.05, 0) is 44.4 Å². The van der Waals surface area contributed by atoms with Crippen LogP contribution in [0.3, 0.4) is 0 Å². The molecule has 0 fully saturated rings. The fourth-order valence-corrected chi connectivity index (χ4v) is 2.13. The normalized spacial score (nSPS) is 10.9. The maximum Gasteiger partial charge on any atom is 0.146 e. The molecule has 0 aliphatic carbocycles. The van der Waals surface area contributed by atoms with Gasteiger partial charge in [-0.3, -0.25) is 0 Å². The highest BCUT2D eigenvalue weighted by Gasteiger charge is 2.06. The Morgan fingerprint density at radius 2 is 2.00 bits per heavy atom. The number of rotatable bonds is 5. The highest BCUT2D eigenvalue weighted by molar-refractivity contribution is 7.98. The molecule has 1 aromatic heterocycles. The van der Waals surface area contributed by atoms with E-state index in [9.17, 15) is 0 Å². The van der Waals surface area contributed by atoms with E-state index in [0.717, 1.165) is 11.5 Å². The number of hydrogen-bond acceptors (Lipinski definition) is 4. The van der Waals surface area contributed by atoms with Gasteiger partial charge >= 0.3 is 0 Å². The van der Waals surface area contributed by atoms with E-state index in [1.54, 1.807) is 18.1 Å². The standard InChI is InChI=1S/C13H18N4S/c1-10(2)17-13(15-9-16-17)8-14-11-4-6-12(18-3)7-5-11/h4-7,9-10,14H,8H2,1-3H3. The molecular weight excluding hydrogens is 244 g/mol. The summed E-state index contributed by atoms with van der Waals surface area (Å²) < 4.78 is 1.93. The number of nitrogens with zero attached hydrogens (tertiary/aromatic N) is 3. The molecule has 0 aliphatic heterocycles. The van der Waals surface area contributed by atoms with Gasteiger partial charge < -0.3 is 5.32 Å². The lowest BCUT2D eigenvalue weighted by Crippen LogP contribution is -2.11. The summed E-state index contributed by atoms with van der Waals surface area (Å²) in [6, 6.07) is 8.73. The molecule has 1 aromatic carbocycles. The Labute approximate surface area is 112 Å². The maximum absolute atomic E-state index is 4.27. The number of thioether (sulfide) groups is 1. The SMILES string of the molecule is CSc1ccc(NCc2ncnn2C(C)C)cc1. The van der Waals surface area contributed by atoms with Gasteiger partial charge in [0.1, 0.15) is 12.2 Å². The molecule has 1 heterocycles. The maximum atomic E-state index is 4.27. The topological polar surface area (TPSA) is 42.7 Å². The van der Waals surface area contributed by atoms with E-state index in [1.807, 2.05) is 4.68 Å². The lowest BCUT2D eigenvalue weighted by molar-refractivity contribution is 0.509. The van der Waals surface area contributed by atoms with Crippen molar-refractivity contribution < 1.29 is 0 Å². The third kappa shape index (κ3) is 3.04. The van der Waals surface area contributed by atoms with Crippen LogP contribution in [0.4, 0.5) is 5.69 Å². The van der Waals surface area contributed by atoms with Crippen LogP contribution >= 0.6 is 11.8 Å². The molecule has 0 aliphatic rings. The summed E-state index contributed by atoms with van der Waals surface area (Å²) >= 11 is 1.75. The molecule has 4 nitrogen and oxygen atoms in total. The van der Waals surface area contributed by atoms with Crippen molar-refractivity contribution in [2.24, 2.45) is 0 Å². The van der Waals surface area contributed by atoms with E-state index >= 15 is 0 Å². The molecule has 0 saturated carbocycles. The molecule has 2 rings (SSSR count). The zero-order valence-electron chi connectivity index (χ0n) is 10.9. The summed E-state index contributed by atoms with van der Waals surface area (Å²) in [7, 11) is 0. The van der Waals surface area contributed by atoms with Crippen molar-refractivity contribution in [1.29, 1.82) is 0 Å². The van der Waals surface area contributed by atoms with Gasteiger partial charge in [-0.2, -0.15) is 5.10 Å². The number of aromatic nitrogens is 3. The minimum atomic E-state index is 0.336. The molecule has 18 heavy (non-hydrogen) atoms. The predicted octanol–water partition coefficient (Wildman–Crippen LogP) is 3.19. The van der Waals surface area contributed by atoms with Crippen LogP contribution in [0.5, 0.6) is 0 Å². The van der Waals surface area contributed by atoms with Crippen LogP contribution in [0.2, 0.25) is 0 Å². The molecule has 96 valence electrons. The zero-order valence-corrected chi connectivity index (χ0v) is 11.7. The van der Waals surface area contributed by atoms with Crippen molar-refractivity contribution in [3.05, 3.63) is 36.4 Å². The van der Waals surface area contributed by atoms with Crippen LogP contribution in [0.1, 0.15) is 25.7 Å². The van der Waals surface area contributed by atoms with Gasteiger partial charge in [0.25, 0.3) is 0 Å². The third-order valence-electron chi connectivity index (χ3n) is 2.68. The summed E-state index contributed by atoms with van der Waals surface area (Å²) in [5.41, 5.74) is 1.10. The Bertz CT molecular complexity index is 490. The first-order valence-corrected chi connectivity index (χ1v) is 7.19. The largest absolute Gasteiger partial charge is 0.378 e. The predicted molar refractivity (Wildman–Crippen MR) is 76.0 cm³/mol. The summed E-state index contributed by atoms with van der Waals surface area (Å²) in [5.74, 6) is 0.957. The van der Waals surface area contributed by atoms with E-state index in [1.165, 1.54) is 4.90 Å². The minimum absolute atomic E-state index is 0.336.